The van der Waals surface area contributed by atoms with E-state index in [4.69, 9.17) is 0 Å². The van der Waals surface area contributed by atoms with Crippen LogP contribution in [0.15, 0.2) is 30.6 Å². The summed E-state index contributed by atoms with van der Waals surface area (Å²) in [6.45, 7) is -2.53. The number of alkyl halides is 2. The maximum Gasteiger partial charge on any atom is 0.387 e. The summed E-state index contributed by atoms with van der Waals surface area (Å²) < 4.78 is 28.3. The Hall–Kier alpha value is -2.51. The monoisotopic (exact) mass is 296 g/mol. The summed E-state index contributed by atoms with van der Waals surface area (Å²) in [6, 6.07) is 5.98. The zero-order chi connectivity index (χ0) is 15.2. The van der Waals surface area contributed by atoms with Crippen LogP contribution in [0.2, 0.25) is 0 Å². The average Bonchev–Trinajstić information content (AvgIpc) is 2.93. The van der Waals surface area contributed by atoms with Crippen molar-refractivity contribution >= 4 is 5.91 Å². The quantitative estimate of drug-likeness (QED) is 0.879. The molecule has 2 rings (SSSR count). The first-order chi connectivity index (χ1) is 10.0. The molecule has 0 aliphatic rings. The van der Waals surface area contributed by atoms with Crippen LogP contribution in [0.4, 0.5) is 8.78 Å². The average molecular weight is 296 g/mol. The second-order valence-electron chi connectivity index (χ2n) is 4.38. The van der Waals surface area contributed by atoms with Crippen LogP contribution >= 0.6 is 0 Å². The van der Waals surface area contributed by atoms with Crippen molar-refractivity contribution in [2.24, 2.45) is 0 Å². The van der Waals surface area contributed by atoms with Crippen molar-refractivity contribution in [2.45, 2.75) is 19.6 Å². The van der Waals surface area contributed by atoms with Crippen LogP contribution in [0.5, 0.6) is 5.75 Å². The molecule has 1 aromatic heterocycles. The third-order valence-electron chi connectivity index (χ3n) is 2.78. The van der Waals surface area contributed by atoms with Gasteiger partial charge in [-0.15, -0.1) is 0 Å². The molecule has 1 heterocycles. The summed E-state index contributed by atoms with van der Waals surface area (Å²) in [7, 11) is 1.65. The van der Waals surface area contributed by atoms with E-state index in [1.807, 2.05) is 0 Å². The number of halogens is 2. The Bertz CT molecular complexity index is 572. The van der Waals surface area contributed by atoms with E-state index in [2.05, 4.69) is 19.9 Å². The van der Waals surface area contributed by atoms with Gasteiger partial charge in [0.15, 0.2) is 0 Å². The molecular formula is C13H14F2N4O2. The van der Waals surface area contributed by atoms with Crippen LogP contribution in [0, 0.1) is 0 Å². The zero-order valence-electron chi connectivity index (χ0n) is 11.3. The molecule has 0 bridgehead atoms. The highest BCUT2D eigenvalue weighted by molar-refractivity contribution is 5.78. The predicted molar refractivity (Wildman–Crippen MR) is 69.6 cm³/mol. The Morgan fingerprint density at radius 1 is 1.38 bits per heavy atom. The number of nitrogens with zero attached hydrogens (tertiary/aromatic N) is 3. The molecule has 0 fully saturated rings. The molecule has 21 heavy (non-hydrogen) atoms. The largest absolute Gasteiger partial charge is 0.435 e. The van der Waals surface area contributed by atoms with E-state index in [1.165, 1.54) is 23.4 Å². The maximum atomic E-state index is 12.0. The number of nitrogens with one attached hydrogen (secondary N) is 1. The summed E-state index contributed by atoms with van der Waals surface area (Å²) in [5.41, 5.74) is 0.714. The van der Waals surface area contributed by atoms with Gasteiger partial charge in [-0.25, -0.2) is 4.98 Å². The Morgan fingerprint density at radius 2 is 2.10 bits per heavy atom. The summed E-state index contributed by atoms with van der Waals surface area (Å²) in [5.74, 6) is 0.539. The molecule has 6 nitrogen and oxygen atoms in total. The van der Waals surface area contributed by atoms with Gasteiger partial charge in [0.2, 0.25) is 5.91 Å². The van der Waals surface area contributed by atoms with Crippen LogP contribution in [-0.2, 0) is 17.8 Å². The molecule has 2 aromatic rings. The number of H-pyrrole nitrogens is 1. The minimum atomic E-state index is -2.86. The highest BCUT2D eigenvalue weighted by Crippen LogP contribution is 2.15. The molecule has 0 spiro atoms. The number of carbonyl (C=O) groups excluding carboxylic acids is 1. The summed E-state index contributed by atoms with van der Waals surface area (Å²) in [5, 5.41) is 6.37. The number of ether oxygens (including phenoxy) is 1. The highest BCUT2D eigenvalue weighted by Gasteiger charge is 2.12. The van der Waals surface area contributed by atoms with Gasteiger partial charge in [0.1, 0.15) is 17.9 Å². The van der Waals surface area contributed by atoms with E-state index >= 15 is 0 Å². The molecule has 1 amide bonds. The van der Waals surface area contributed by atoms with Crippen molar-refractivity contribution in [2.75, 3.05) is 7.05 Å². The number of aromatic nitrogens is 3. The van der Waals surface area contributed by atoms with Gasteiger partial charge in [0, 0.05) is 7.05 Å². The Kier molecular flexibility index (Phi) is 4.81. The van der Waals surface area contributed by atoms with Gasteiger partial charge in [0.05, 0.1) is 13.0 Å². The normalized spacial score (nSPS) is 10.7. The van der Waals surface area contributed by atoms with Crippen molar-refractivity contribution < 1.29 is 18.3 Å². The van der Waals surface area contributed by atoms with Crippen LogP contribution in [0.1, 0.15) is 11.4 Å². The number of likely N-dealkylation sites (N-methyl/N-ethyl adjacent to an activating group) is 1. The van der Waals surface area contributed by atoms with Crippen LogP contribution in [-0.4, -0.2) is 39.6 Å². The summed E-state index contributed by atoms with van der Waals surface area (Å²) in [4.78, 5) is 17.5. The second-order valence-corrected chi connectivity index (χ2v) is 4.38. The third kappa shape index (κ3) is 4.51. The molecule has 0 unspecified atom stereocenters. The van der Waals surface area contributed by atoms with Crippen LogP contribution in [0.3, 0.4) is 0 Å². The van der Waals surface area contributed by atoms with E-state index in [0.717, 1.165) is 0 Å². The molecule has 112 valence electrons. The van der Waals surface area contributed by atoms with Gasteiger partial charge in [-0.2, -0.15) is 13.9 Å². The number of carbonyl (C=O) groups is 1. The van der Waals surface area contributed by atoms with Crippen molar-refractivity contribution in [3.05, 3.63) is 42.0 Å². The molecule has 0 aliphatic carbocycles. The lowest BCUT2D eigenvalue weighted by Gasteiger charge is -2.15. The fourth-order valence-electron chi connectivity index (χ4n) is 1.72. The minimum absolute atomic E-state index is 0.0659. The lowest BCUT2D eigenvalue weighted by atomic mass is 10.1. The van der Waals surface area contributed by atoms with Crippen molar-refractivity contribution in [1.29, 1.82) is 0 Å². The zero-order valence-corrected chi connectivity index (χ0v) is 11.3. The predicted octanol–water partition coefficient (Wildman–Crippen LogP) is 1.61. The van der Waals surface area contributed by atoms with E-state index in [0.29, 0.717) is 17.9 Å². The fourth-order valence-corrected chi connectivity index (χ4v) is 1.72. The lowest BCUT2D eigenvalue weighted by Crippen LogP contribution is -2.28. The highest BCUT2D eigenvalue weighted by atomic mass is 19.3. The minimum Gasteiger partial charge on any atom is -0.435 e. The Morgan fingerprint density at radius 3 is 2.67 bits per heavy atom. The SMILES string of the molecule is CN(Cc1ncn[nH]1)C(=O)Cc1ccc(OC(F)F)cc1. The molecular weight excluding hydrogens is 282 g/mol. The molecule has 0 atom stereocenters. The molecule has 1 N–H and O–H groups in total. The number of rotatable bonds is 6. The maximum absolute atomic E-state index is 12.0. The fraction of sp³-hybridized carbons (Fsp3) is 0.308. The number of benzene rings is 1. The molecule has 0 aliphatic heterocycles. The topological polar surface area (TPSA) is 71.1 Å². The van der Waals surface area contributed by atoms with Crippen molar-refractivity contribution in [3.8, 4) is 5.75 Å². The first-order valence-electron chi connectivity index (χ1n) is 6.16. The van der Waals surface area contributed by atoms with Crippen LogP contribution in [0.25, 0.3) is 0 Å². The first kappa shape index (κ1) is 14.9. The van der Waals surface area contributed by atoms with Gasteiger partial charge >= 0.3 is 6.61 Å². The lowest BCUT2D eigenvalue weighted by molar-refractivity contribution is -0.129. The first-order valence-corrected chi connectivity index (χ1v) is 6.16. The molecule has 1 aromatic carbocycles. The number of hydrogen-bond donors (Lipinski definition) is 1. The Balaban J connectivity index is 1.89. The standard InChI is InChI=1S/C13H14F2N4O2/c1-19(7-11-16-8-17-18-11)12(20)6-9-2-4-10(5-3-9)21-13(14)15/h2-5,8,13H,6-7H2,1H3,(H,16,17,18). The summed E-state index contributed by atoms with van der Waals surface area (Å²) >= 11 is 0. The van der Waals surface area contributed by atoms with E-state index in [1.54, 1.807) is 19.2 Å². The number of amides is 1. The Labute approximate surface area is 119 Å². The smallest absolute Gasteiger partial charge is 0.387 e. The molecule has 0 saturated heterocycles. The number of aromatic amines is 1. The molecule has 8 heteroatoms. The van der Waals surface area contributed by atoms with Gasteiger partial charge in [-0.3, -0.25) is 9.89 Å². The second kappa shape index (κ2) is 6.78. The molecule has 0 saturated carbocycles. The van der Waals surface area contributed by atoms with Gasteiger partial charge in [-0.1, -0.05) is 12.1 Å². The summed E-state index contributed by atoms with van der Waals surface area (Å²) in [6.07, 6.45) is 1.54. The van der Waals surface area contributed by atoms with Gasteiger partial charge < -0.3 is 9.64 Å². The van der Waals surface area contributed by atoms with Crippen molar-refractivity contribution in [1.82, 2.24) is 20.1 Å². The van der Waals surface area contributed by atoms with E-state index < -0.39 is 6.61 Å². The van der Waals surface area contributed by atoms with Crippen LogP contribution < -0.4 is 4.74 Å². The van der Waals surface area contributed by atoms with Gasteiger partial charge in [-0.05, 0) is 17.7 Å². The van der Waals surface area contributed by atoms with E-state index in [-0.39, 0.29) is 18.1 Å². The van der Waals surface area contributed by atoms with Crippen molar-refractivity contribution in [3.63, 3.8) is 0 Å². The third-order valence-corrected chi connectivity index (χ3v) is 2.78. The van der Waals surface area contributed by atoms with Gasteiger partial charge in [0.25, 0.3) is 0 Å². The molecule has 0 radical (unpaired) electrons. The number of hydrogen-bond acceptors (Lipinski definition) is 4. The van der Waals surface area contributed by atoms with E-state index in [9.17, 15) is 13.6 Å².